The van der Waals surface area contributed by atoms with E-state index in [0.29, 0.717) is 0 Å². The normalized spacial score (nSPS) is 16.5. The fourth-order valence-corrected chi connectivity index (χ4v) is 4.20. The van der Waals surface area contributed by atoms with E-state index in [4.69, 9.17) is 0 Å². The quantitative estimate of drug-likeness (QED) is 0.851. The predicted octanol–water partition coefficient (Wildman–Crippen LogP) is 2.06. The standard InChI is InChI=1S/C17H20N2OS2/c1-14-4-11-22-16(14)2-3-17(20)19-8-6-18(7-9-19)12-15-5-10-21-13-15/h2-5,10-11,13H,6-9,12H2,1H3/p+1/b3-2+. The van der Waals surface area contributed by atoms with E-state index in [1.807, 2.05) is 11.0 Å². The average molecular weight is 334 g/mol. The first kappa shape index (κ1) is 15.5. The van der Waals surface area contributed by atoms with E-state index >= 15 is 0 Å². The third-order valence-corrected chi connectivity index (χ3v) is 5.81. The van der Waals surface area contributed by atoms with Crippen LogP contribution in [0.15, 0.2) is 34.3 Å². The Morgan fingerprint density at radius 3 is 2.77 bits per heavy atom. The summed E-state index contributed by atoms with van der Waals surface area (Å²) < 4.78 is 0. The van der Waals surface area contributed by atoms with E-state index < -0.39 is 0 Å². The van der Waals surface area contributed by atoms with Gasteiger partial charge in [0.2, 0.25) is 5.91 Å². The lowest BCUT2D eigenvalue weighted by molar-refractivity contribution is -0.917. The highest BCUT2D eigenvalue weighted by Crippen LogP contribution is 2.17. The maximum absolute atomic E-state index is 12.3. The summed E-state index contributed by atoms with van der Waals surface area (Å²) >= 11 is 3.43. The van der Waals surface area contributed by atoms with Crippen LogP contribution < -0.4 is 4.90 Å². The molecule has 0 bridgehead atoms. The largest absolute Gasteiger partial charge is 0.328 e. The van der Waals surface area contributed by atoms with Crippen molar-refractivity contribution in [1.82, 2.24) is 4.90 Å². The van der Waals surface area contributed by atoms with Crippen molar-refractivity contribution in [1.29, 1.82) is 0 Å². The Morgan fingerprint density at radius 2 is 2.14 bits per heavy atom. The van der Waals surface area contributed by atoms with Crippen LogP contribution in [0.25, 0.3) is 6.08 Å². The first-order valence-corrected chi connectivity index (χ1v) is 9.40. The highest BCUT2D eigenvalue weighted by Gasteiger charge is 2.22. The summed E-state index contributed by atoms with van der Waals surface area (Å²) in [6.45, 7) is 6.93. The molecule has 3 heterocycles. The molecule has 0 aromatic carbocycles. The van der Waals surface area contributed by atoms with Gasteiger partial charge in [-0.3, -0.25) is 4.79 Å². The molecule has 0 unspecified atom stereocenters. The van der Waals surface area contributed by atoms with E-state index in [0.717, 1.165) is 32.7 Å². The summed E-state index contributed by atoms with van der Waals surface area (Å²) in [5.74, 6) is 0.141. The molecule has 5 heteroatoms. The lowest BCUT2D eigenvalue weighted by atomic mass is 10.2. The number of hydrogen-bond acceptors (Lipinski definition) is 3. The number of carbonyl (C=O) groups excluding carboxylic acids is 1. The molecule has 0 radical (unpaired) electrons. The van der Waals surface area contributed by atoms with E-state index in [9.17, 15) is 4.79 Å². The Labute approximate surface area is 139 Å². The monoisotopic (exact) mass is 333 g/mol. The second-order valence-electron chi connectivity index (χ2n) is 5.68. The van der Waals surface area contributed by atoms with Gasteiger partial charge in [-0.1, -0.05) is 0 Å². The van der Waals surface area contributed by atoms with E-state index in [2.05, 4.69) is 35.2 Å². The lowest BCUT2D eigenvalue weighted by Gasteiger charge is -2.31. The van der Waals surface area contributed by atoms with Gasteiger partial charge in [-0.2, -0.15) is 11.3 Å². The van der Waals surface area contributed by atoms with Crippen molar-refractivity contribution in [2.24, 2.45) is 0 Å². The first-order valence-electron chi connectivity index (χ1n) is 7.58. The molecule has 1 saturated heterocycles. The van der Waals surface area contributed by atoms with Gasteiger partial charge in [0.05, 0.1) is 26.2 Å². The van der Waals surface area contributed by atoms with Crippen LogP contribution in [-0.2, 0) is 11.3 Å². The molecule has 22 heavy (non-hydrogen) atoms. The zero-order valence-corrected chi connectivity index (χ0v) is 14.4. The summed E-state index contributed by atoms with van der Waals surface area (Å²) in [6, 6.07) is 4.28. The molecule has 1 N–H and O–H groups in total. The topological polar surface area (TPSA) is 24.8 Å². The van der Waals surface area contributed by atoms with E-state index in [-0.39, 0.29) is 5.91 Å². The van der Waals surface area contributed by atoms with Gasteiger partial charge < -0.3 is 9.80 Å². The number of aryl methyl sites for hydroxylation is 1. The lowest BCUT2D eigenvalue weighted by Crippen LogP contribution is -3.13. The zero-order valence-electron chi connectivity index (χ0n) is 12.7. The molecule has 2 aromatic heterocycles. The smallest absolute Gasteiger partial charge is 0.247 e. The van der Waals surface area contributed by atoms with Crippen LogP contribution >= 0.6 is 22.7 Å². The summed E-state index contributed by atoms with van der Waals surface area (Å²) in [7, 11) is 0. The number of nitrogens with one attached hydrogen (secondary N) is 1. The molecule has 1 amide bonds. The summed E-state index contributed by atoms with van der Waals surface area (Å²) in [6.07, 6.45) is 3.68. The minimum atomic E-state index is 0.141. The second kappa shape index (κ2) is 7.22. The van der Waals surface area contributed by atoms with Gasteiger partial charge in [-0.05, 0) is 46.8 Å². The van der Waals surface area contributed by atoms with Crippen LogP contribution in [0.5, 0.6) is 0 Å². The van der Waals surface area contributed by atoms with Gasteiger partial charge >= 0.3 is 0 Å². The third-order valence-electron chi connectivity index (χ3n) is 4.10. The van der Waals surface area contributed by atoms with Gasteiger partial charge in [0.25, 0.3) is 0 Å². The van der Waals surface area contributed by atoms with Gasteiger partial charge in [0.1, 0.15) is 6.54 Å². The fourth-order valence-electron chi connectivity index (χ4n) is 2.71. The highest BCUT2D eigenvalue weighted by atomic mass is 32.1. The number of nitrogens with zero attached hydrogens (tertiary/aromatic N) is 1. The number of piperazine rings is 1. The van der Waals surface area contributed by atoms with Crippen molar-refractivity contribution < 1.29 is 9.69 Å². The Kier molecular flexibility index (Phi) is 5.08. The minimum absolute atomic E-state index is 0.141. The van der Waals surface area contributed by atoms with Crippen molar-refractivity contribution in [3.05, 3.63) is 50.4 Å². The van der Waals surface area contributed by atoms with Crippen LogP contribution in [0.2, 0.25) is 0 Å². The number of rotatable bonds is 4. The molecule has 0 atom stereocenters. The molecule has 0 spiro atoms. The molecule has 1 aliphatic heterocycles. The number of thiophene rings is 2. The summed E-state index contributed by atoms with van der Waals surface area (Å²) in [4.78, 5) is 17.0. The van der Waals surface area contributed by atoms with Crippen molar-refractivity contribution >= 4 is 34.7 Å². The van der Waals surface area contributed by atoms with Crippen LogP contribution in [-0.4, -0.2) is 37.0 Å². The summed E-state index contributed by atoms with van der Waals surface area (Å²) in [5, 5.41) is 6.41. The van der Waals surface area contributed by atoms with Crippen LogP contribution in [0, 0.1) is 6.92 Å². The van der Waals surface area contributed by atoms with Crippen LogP contribution in [0.3, 0.4) is 0 Å². The number of carbonyl (C=O) groups is 1. The third kappa shape index (κ3) is 3.85. The molecule has 3 rings (SSSR count). The van der Waals surface area contributed by atoms with Crippen LogP contribution in [0.4, 0.5) is 0 Å². The van der Waals surface area contributed by atoms with Crippen LogP contribution in [0.1, 0.15) is 16.0 Å². The zero-order chi connectivity index (χ0) is 15.4. The number of quaternary nitrogens is 1. The first-order chi connectivity index (χ1) is 10.7. The molecule has 116 valence electrons. The van der Waals surface area contributed by atoms with Gasteiger partial charge in [-0.15, -0.1) is 11.3 Å². The molecule has 3 nitrogen and oxygen atoms in total. The SMILES string of the molecule is Cc1ccsc1/C=C/C(=O)N1CC[NH+](Cc2ccsc2)CC1. The van der Waals surface area contributed by atoms with E-state index in [1.165, 1.54) is 16.0 Å². The fraction of sp³-hybridized carbons (Fsp3) is 0.353. The molecular weight excluding hydrogens is 312 g/mol. The van der Waals surface area contributed by atoms with Crippen molar-refractivity contribution in [3.8, 4) is 0 Å². The average Bonchev–Trinajstić information content (AvgIpc) is 3.17. The molecular formula is C17H21N2OS2+. The Bertz CT molecular complexity index is 637. The second-order valence-corrected chi connectivity index (χ2v) is 7.41. The predicted molar refractivity (Wildman–Crippen MR) is 93.4 cm³/mol. The molecule has 2 aromatic rings. The Balaban J connectivity index is 1.49. The highest BCUT2D eigenvalue weighted by molar-refractivity contribution is 7.11. The molecule has 0 aliphatic carbocycles. The Morgan fingerprint density at radius 1 is 1.32 bits per heavy atom. The van der Waals surface area contributed by atoms with Gasteiger partial charge in [0.15, 0.2) is 0 Å². The van der Waals surface area contributed by atoms with Crippen molar-refractivity contribution in [2.75, 3.05) is 26.2 Å². The maximum Gasteiger partial charge on any atom is 0.247 e. The number of hydrogen-bond donors (Lipinski definition) is 1. The molecule has 1 fully saturated rings. The minimum Gasteiger partial charge on any atom is -0.328 e. The molecule has 0 saturated carbocycles. The Hall–Kier alpha value is -1.43. The van der Waals surface area contributed by atoms with Gasteiger partial charge in [0, 0.05) is 16.5 Å². The van der Waals surface area contributed by atoms with Gasteiger partial charge in [-0.25, -0.2) is 0 Å². The molecule has 1 aliphatic rings. The maximum atomic E-state index is 12.3. The number of amides is 1. The summed E-state index contributed by atoms with van der Waals surface area (Å²) in [5.41, 5.74) is 2.65. The van der Waals surface area contributed by atoms with Crippen molar-refractivity contribution in [3.63, 3.8) is 0 Å². The van der Waals surface area contributed by atoms with E-state index in [1.54, 1.807) is 33.6 Å². The van der Waals surface area contributed by atoms with Crippen molar-refractivity contribution in [2.45, 2.75) is 13.5 Å².